The van der Waals surface area contributed by atoms with Gasteiger partial charge >= 0.3 is 11.9 Å². The van der Waals surface area contributed by atoms with Crippen molar-refractivity contribution in [3.8, 4) is 0 Å². The monoisotopic (exact) mass is 316 g/mol. The summed E-state index contributed by atoms with van der Waals surface area (Å²) in [5.74, 6) is -2.52. The normalized spacial score (nSPS) is 20.8. The van der Waals surface area contributed by atoms with Crippen molar-refractivity contribution in [2.45, 2.75) is 19.6 Å². The summed E-state index contributed by atoms with van der Waals surface area (Å²) in [4.78, 5) is 26.4. The fourth-order valence-electron chi connectivity index (χ4n) is 2.74. The van der Waals surface area contributed by atoms with Gasteiger partial charge in [0.1, 0.15) is 5.57 Å². The van der Waals surface area contributed by atoms with Gasteiger partial charge in [0.25, 0.3) is 5.79 Å². The van der Waals surface area contributed by atoms with Crippen molar-refractivity contribution in [1.82, 2.24) is 5.32 Å². The van der Waals surface area contributed by atoms with Crippen molar-refractivity contribution in [2.24, 2.45) is 0 Å². The van der Waals surface area contributed by atoms with Gasteiger partial charge in [-0.2, -0.15) is 0 Å². The fourth-order valence-corrected chi connectivity index (χ4v) is 2.74. The highest BCUT2D eigenvalue weighted by molar-refractivity contribution is 6.19. The standard InChI is InChI=1S/C17H20N2O4/c1-17(2)22-15(20)13(16(21)23-17)11-12-5-3-4-6-14(12)19-9-7-18-8-10-19/h3-6,11,18H,7-10H2,1-2H3. The number of hydrogen-bond acceptors (Lipinski definition) is 6. The molecule has 6 nitrogen and oxygen atoms in total. The quantitative estimate of drug-likeness (QED) is 0.504. The third-order valence-corrected chi connectivity index (χ3v) is 3.81. The number of nitrogens with one attached hydrogen (secondary N) is 1. The Morgan fingerprint density at radius 1 is 1.09 bits per heavy atom. The number of ether oxygens (including phenoxy) is 2. The average molecular weight is 316 g/mol. The summed E-state index contributed by atoms with van der Waals surface area (Å²) in [6, 6.07) is 7.69. The SMILES string of the molecule is CC1(C)OC(=O)C(=Cc2ccccc2N2CCNCC2)C(=O)O1. The molecule has 1 aromatic carbocycles. The molecule has 0 unspecified atom stereocenters. The molecule has 2 saturated heterocycles. The number of rotatable bonds is 2. The predicted molar refractivity (Wildman–Crippen MR) is 85.8 cm³/mol. The largest absolute Gasteiger partial charge is 0.419 e. The lowest BCUT2D eigenvalue weighted by Gasteiger charge is -2.31. The fraction of sp³-hybridized carbons (Fsp3) is 0.412. The lowest BCUT2D eigenvalue weighted by Crippen LogP contribution is -2.44. The smallest absolute Gasteiger partial charge is 0.348 e. The van der Waals surface area contributed by atoms with Gasteiger partial charge in [0.2, 0.25) is 0 Å². The number of piperazine rings is 1. The highest BCUT2D eigenvalue weighted by Gasteiger charge is 2.39. The molecule has 0 saturated carbocycles. The Morgan fingerprint density at radius 2 is 1.70 bits per heavy atom. The van der Waals surface area contributed by atoms with Crippen LogP contribution in [-0.4, -0.2) is 43.9 Å². The maximum atomic E-state index is 12.1. The van der Waals surface area contributed by atoms with Gasteiger partial charge in [-0.1, -0.05) is 18.2 Å². The van der Waals surface area contributed by atoms with Crippen molar-refractivity contribution in [1.29, 1.82) is 0 Å². The number of hydrogen-bond donors (Lipinski definition) is 1. The van der Waals surface area contributed by atoms with E-state index < -0.39 is 17.7 Å². The van der Waals surface area contributed by atoms with Gasteiger partial charge in [-0.3, -0.25) is 0 Å². The van der Waals surface area contributed by atoms with Gasteiger partial charge in [-0.25, -0.2) is 9.59 Å². The second kappa shape index (κ2) is 6.04. The molecule has 1 aromatic rings. The van der Waals surface area contributed by atoms with Crippen LogP contribution in [-0.2, 0) is 19.1 Å². The molecule has 122 valence electrons. The molecule has 0 spiro atoms. The van der Waals surface area contributed by atoms with Crippen LogP contribution in [0.15, 0.2) is 29.8 Å². The summed E-state index contributed by atoms with van der Waals surface area (Å²) in [6.45, 7) is 6.64. The Labute approximate surface area is 135 Å². The average Bonchev–Trinajstić information content (AvgIpc) is 2.51. The van der Waals surface area contributed by atoms with E-state index in [1.165, 1.54) is 13.8 Å². The zero-order valence-electron chi connectivity index (χ0n) is 13.3. The van der Waals surface area contributed by atoms with Gasteiger partial charge in [0.05, 0.1) is 0 Å². The van der Waals surface area contributed by atoms with E-state index in [9.17, 15) is 9.59 Å². The van der Waals surface area contributed by atoms with E-state index >= 15 is 0 Å². The number of benzene rings is 1. The molecule has 2 aliphatic heterocycles. The second-order valence-electron chi connectivity index (χ2n) is 6.03. The topological polar surface area (TPSA) is 67.9 Å². The van der Waals surface area contributed by atoms with Gasteiger partial charge in [0.15, 0.2) is 0 Å². The highest BCUT2D eigenvalue weighted by Crippen LogP contribution is 2.28. The summed E-state index contributed by atoms with van der Waals surface area (Å²) in [6.07, 6.45) is 1.55. The first-order chi connectivity index (χ1) is 11.0. The Balaban J connectivity index is 1.93. The van der Waals surface area contributed by atoms with Crippen molar-refractivity contribution in [2.75, 3.05) is 31.1 Å². The molecule has 1 N–H and O–H groups in total. The van der Waals surface area contributed by atoms with Gasteiger partial charge in [0, 0.05) is 45.7 Å². The van der Waals surface area contributed by atoms with E-state index in [-0.39, 0.29) is 5.57 Å². The lowest BCUT2D eigenvalue weighted by molar-refractivity contribution is -0.222. The van der Waals surface area contributed by atoms with Crippen molar-refractivity contribution >= 4 is 23.7 Å². The molecule has 23 heavy (non-hydrogen) atoms. The highest BCUT2D eigenvalue weighted by atomic mass is 16.7. The van der Waals surface area contributed by atoms with Crippen LogP contribution in [0.4, 0.5) is 5.69 Å². The molecular weight excluding hydrogens is 296 g/mol. The second-order valence-corrected chi connectivity index (χ2v) is 6.03. The molecule has 0 radical (unpaired) electrons. The van der Waals surface area contributed by atoms with Crippen LogP contribution in [0.3, 0.4) is 0 Å². The van der Waals surface area contributed by atoms with Gasteiger partial charge in [-0.05, 0) is 17.7 Å². The molecule has 0 amide bonds. The maximum Gasteiger partial charge on any atom is 0.348 e. The molecule has 3 rings (SSSR count). The molecular formula is C17H20N2O4. The Bertz CT molecular complexity index is 638. The van der Waals surface area contributed by atoms with Gasteiger partial charge in [-0.15, -0.1) is 0 Å². The maximum absolute atomic E-state index is 12.1. The number of carbonyl (C=O) groups is 2. The third-order valence-electron chi connectivity index (χ3n) is 3.81. The summed E-state index contributed by atoms with van der Waals surface area (Å²) in [7, 11) is 0. The minimum atomic E-state index is -1.22. The first-order valence-corrected chi connectivity index (χ1v) is 7.69. The zero-order valence-corrected chi connectivity index (χ0v) is 13.3. The van der Waals surface area contributed by atoms with E-state index in [1.807, 2.05) is 24.3 Å². The number of esters is 2. The van der Waals surface area contributed by atoms with E-state index in [1.54, 1.807) is 6.08 Å². The Morgan fingerprint density at radius 3 is 2.35 bits per heavy atom. The van der Waals surface area contributed by atoms with Crippen LogP contribution >= 0.6 is 0 Å². The summed E-state index contributed by atoms with van der Waals surface area (Å²) in [5.41, 5.74) is 1.72. The number of carbonyl (C=O) groups excluding carboxylic acids is 2. The predicted octanol–water partition coefficient (Wildman–Crippen LogP) is 1.32. The molecule has 0 atom stereocenters. The minimum Gasteiger partial charge on any atom is -0.419 e. The van der Waals surface area contributed by atoms with Crippen LogP contribution in [0.1, 0.15) is 19.4 Å². The number of nitrogens with zero attached hydrogens (tertiary/aromatic N) is 1. The zero-order chi connectivity index (χ0) is 16.4. The van der Waals surface area contributed by atoms with E-state index in [2.05, 4.69) is 10.2 Å². The lowest BCUT2D eigenvalue weighted by atomic mass is 10.1. The molecule has 0 aliphatic carbocycles. The van der Waals surface area contributed by atoms with Crippen LogP contribution in [0, 0.1) is 0 Å². The van der Waals surface area contributed by atoms with E-state index in [4.69, 9.17) is 9.47 Å². The first-order valence-electron chi connectivity index (χ1n) is 7.69. The first kappa shape index (κ1) is 15.6. The molecule has 2 aliphatic rings. The summed E-state index contributed by atoms with van der Waals surface area (Å²) >= 11 is 0. The van der Waals surface area contributed by atoms with Crippen LogP contribution < -0.4 is 10.2 Å². The molecule has 0 bridgehead atoms. The van der Waals surface area contributed by atoms with Crippen molar-refractivity contribution < 1.29 is 19.1 Å². The third kappa shape index (κ3) is 3.37. The summed E-state index contributed by atoms with van der Waals surface area (Å²) in [5, 5.41) is 3.30. The van der Waals surface area contributed by atoms with Crippen LogP contribution in [0.5, 0.6) is 0 Å². The Kier molecular flexibility index (Phi) is 4.09. The molecule has 2 fully saturated rings. The van der Waals surface area contributed by atoms with Crippen molar-refractivity contribution in [3.05, 3.63) is 35.4 Å². The van der Waals surface area contributed by atoms with Crippen LogP contribution in [0.2, 0.25) is 0 Å². The van der Waals surface area contributed by atoms with Gasteiger partial charge < -0.3 is 19.7 Å². The number of para-hydroxylation sites is 1. The van der Waals surface area contributed by atoms with E-state index in [0.717, 1.165) is 37.4 Å². The number of cyclic esters (lactones) is 2. The van der Waals surface area contributed by atoms with E-state index in [0.29, 0.717) is 0 Å². The Hall–Kier alpha value is -2.34. The van der Waals surface area contributed by atoms with Crippen molar-refractivity contribution in [3.63, 3.8) is 0 Å². The minimum absolute atomic E-state index is 0.0769. The molecule has 0 aromatic heterocycles. The molecule has 6 heteroatoms. The molecule has 2 heterocycles. The van der Waals surface area contributed by atoms with Crippen LogP contribution in [0.25, 0.3) is 6.08 Å². The number of anilines is 1. The summed E-state index contributed by atoms with van der Waals surface area (Å²) < 4.78 is 10.3.